The van der Waals surface area contributed by atoms with Crippen molar-refractivity contribution >= 4 is 5.78 Å². The van der Waals surface area contributed by atoms with Gasteiger partial charge in [-0.25, -0.2) is 0 Å². The molecule has 3 atom stereocenters. The molecule has 1 aliphatic carbocycles. The monoisotopic (exact) mass is 344 g/mol. The number of phenols is 2. The van der Waals surface area contributed by atoms with Crippen molar-refractivity contribution in [2.45, 2.75) is 66.7 Å². The predicted octanol–water partition coefficient (Wildman–Crippen LogP) is 5.32. The van der Waals surface area contributed by atoms with Crippen molar-refractivity contribution in [3.05, 3.63) is 34.9 Å². The average molecular weight is 344 g/mol. The summed E-state index contributed by atoms with van der Waals surface area (Å²) in [5.74, 6) is 1.37. The highest BCUT2D eigenvalue weighted by Gasteiger charge is 2.42. The fraction of sp³-hybridized carbons (Fsp3) is 0.591. The van der Waals surface area contributed by atoms with Crippen molar-refractivity contribution in [1.82, 2.24) is 0 Å². The van der Waals surface area contributed by atoms with E-state index in [-0.39, 0.29) is 22.8 Å². The molecule has 25 heavy (non-hydrogen) atoms. The van der Waals surface area contributed by atoms with Gasteiger partial charge in [-0.3, -0.25) is 4.79 Å². The number of Topliss-reactive ketones (excluding diaryl/α,β-unsaturated/α-hetero) is 1. The van der Waals surface area contributed by atoms with Gasteiger partial charge in [-0.05, 0) is 68.6 Å². The van der Waals surface area contributed by atoms with Crippen LogP contribution in [0.4, 0.5) is 0 Å². The summed E-state index contributed by atoms with van der Waals surface area (Å²) in [5.41, 5.74) is 2.71. The lowest BCUT2D eigenvalue weighted by molar-refractivity contribution is -0.132. The number of aryl methyl sites for hydroxylation is 1. The molecule has 1 aromatic rings. The van der Waals surface area contributed by atoms with Crippen LogP contribution >= 0.6 is 0 Å². The molecule has 0 aromatic heterocycles. The van der Waals surface area contributed by atoms with Gasteiger partial charge in [0.05, 0.1) is 0 Å². The lowest BCUT2D eigenvalue weighted by Gasteiger charge is -2.44. The third-order valence-corrected chi connectivity index (χ3v) is 6.48. The Morgan fingerprint density at radius 3 is 2.48 bits per heavy atom. The van der Waals surface area contributed by atoms with Gasteiger partial charge in [0.2, 0.25) is 0 Å². The van der Waals surface area contributed by atoms with E-state index in [0.717, 1.165) is 31.2 Å². The van der Waals surface area contributed by atoms with E-state index in [1.165, 1.54) is 5.57 Å². The summed E-state index contributed by atoms with van der Waals surface area (Å²) >= 11 is 0. The highest BCUT2D eigenvalue weighted by molar-refractivity contribution is 5.82. The molecule has 1 saturated carbocycles. The highest BCUT2D eigenvalue weighted by Crippen LogP contribution is 2.47. The number of carbonyl (C=O) groups is 1. The molecule has 0 unspecified atom stereocenters. The molecule has 0 saturated heterocycles. The summed E-state index contributed by atoms with van der Waals surface area (Å²) in [6.45, 7) is 10.5. The normalized spacial score (nSPS) is 27.6. The molecule has 0 aliphatic heterocycles. The van der Waals surface area contributed by atoms with Crippen molar-refractivity contribution in [2.24, 2.45) is 17.3 Å². The highest BCUT2D eigenvalue weighted by atomic mass is 16.3. The summed E-state index contributed by atoms with van der Waals surface area (Å²) in [7, 11) is 0. The maximum Gasteiger partial charge on any atom is 0.136 e. The number of phenolic OH excluding ortho intramolecular Hbond substituents is 2. The molecule has 1 aliphatic rings. The van der Waals surface area contributed by atoms with Crippen molar-refractivity contribution < 1.29 is 15.0 Å². The van der Waals surface area contributed by atoms with Gasteiger partial charge in [-0.1, -0.05) is 32.4 Å². The van der Waals surface area contributed by atoms with Crippen LogP contribution in [-0.2, 0) is 11.2 Å². The number of hydrogen-bond acceptors (Lipinski definition) is 3. The first-order valence-corrected chi connectivity index (χ1v) is 9.35. The molecule has 3 nitrogen and oxygen atoms in total. The molecule has 2 N–H and O–H groups in total. The van der Waals surface area contributed by atoms with Crippen molar-refractivity contribution in [3.8, 4) is 11.5 Å². The van der Waals surface area contributed by atoms with E-state index in [1.54, 1.807) is 12.1 Å². The van der Waals surface area contributed by atoms with Gasteiger partial charge in [0.1, 0.15) is 17.3 Å². The Morgan fingerprint density at radius 1 is 1.28 bits per heavy atom. The number of aromatic hydroxyl groups is 2. The molecular weight excluding hydrogens is 312 g/mol. The fourth-order valence-corrected chi connectivity index (χ4v) is 3.99. The minimum Gasteiger partial charge on any atom is -0.508 e. The first kappa shape index (κ1) is 19.6. The zero-order valence-corrected chi connectivity index (χ0v) is 16.2. The second-order valence-electron chi connectivity index (χ2n) is 8.17. The van der Waals surface area contributed by atoms with E-state index in [4.69, 9.17) is 0 Å². The van der Waals surface area contributed by atoms with E-state index in [1.807, 2.05) is 6.92 Å². The van der Waals surface area contributed by atoms with Gasteiger partial charge >= 0.3 is 0 Å². The Hall–Kier alpha value is -1.77. The molecular formula is C22H32O3. The van der Waals surface area contributed by atoms with Gasteiger partial charge in [-0.15, -0.1) is 0 Å². The standard InChI is InChI=1S/C22H32O3/c1-14(6-8-18-20(24)12-15(2)13-21(18)25)10-11-22(5)16(3)7-9-19(23)17(22)4/h6,12-13,16-17,24-25H,7-11H2,1-5H3/b14-6+/t16-,17+,22+/m1/s1. The average Bonchev–Trinajstić information content (AvgIpc) is 2.54. The number of hydrogen-bond donors (Lipinski definition) is 2. The molecule has 2 rings (SSSR count). The smallest absolute Gasteiger partial charge is 0.136 e. The van der Waals surface area contributed by atoms with Crippen LogP contribution in [0.1, 0.15) is 64.5 Å². The Bertz CT molecular complexity index is 651. The maximum atomic E-state index is 12.1. The summed E-state index contributed by atoms with van der Waals surface area (Å²) < 4.78 is 0. The van der Waals surface area contributed by atoms with Crippen LogP contribution in [0.3, 0.4) is 0 Å². The maximum absolute atomic E-state index is 12.1. The first-order chi connectivity index (χ1) is 11.6. The van der Waals surface area contributed by atoms with Gasteiger partial charge in [0, 0.05) is 17.9 Å². The zero-order chi connectivity index (χ0) is 18.8. The molecule has 0 heterocycles. The second kappa shape index (κ2) is 7.63. The first-order valence-electron chi connectivity index (χ1n) is 9.35. The van der Waals surface area contributed by atoms with Crippen LogP contribution in [0.5, 0.6) is 11.5 Å². The molecule has 0 bridgehead atoms. The molecule has 1 fully saturated rings. The molecule has 0 spiro atoms. The van der Waals surface area contributed by atoms with Gasteiger partial charge in [0.15, 0.2) is 0 Å². The Morgan fingerprint density at radius 2 is 1.88 bits per heavy atom. The Kier molecular flexibility index (Phi) is 5.97. The van der Waals surface area contributed by atoms with Crippen LogP contribution < -0.4 is 0 Å². The van der Waals surface area contributed by atoms with E-state index in [0.29, 0.717) is 23.7 Å². The summed E-state index contributed by atoms with van der Waals surface area (Å²) in [6, 6.07) is 3.35. The van der Waals surface area contributed by atoms with E-state index in [2.05, 4.69) is 33.8 Å². The molecule has 3 heteroatoms. The predicted molar refractivity (Wildman–Crippen MR) is 102 cm³/mol. The molecule has 138 valence electrons. The van der Waals surface area contributed by atoms with Crippen LogP contribution in [0.15, 0.2) is 23.8 Å². The van der Waals surface area contributed by atoms with Crippen LogP contribution in [-0.4, -0.2) is 16.0 Å². The van der Waals surface area contributed by atoms with Crippen LogP contribution in [0, 0.1) is 24.2 Å². The fourth-order valence-electron chi connectivity index (χ4n) is 3.99. The zero-order valence-electron chi connectivity index (χ0n) is 16.2. The van der Waals surface area contributed by atoms with Gasteiger partial charge in [0.25, 0.3) is 0 Å². The van der Waals surface area contributed by atoms with E-state index < -0.39 is 0 Å². The Labute approximate surface area is 151 Å². The van der Waals surface area contributed by atoms with Crippen LogP contribution in [0.25, 0.3) is 0 Å². The molecule has 0 amide bonds. The number of ketones is 1. The largest absolute Gasteiger partial charge is 0.508 e. The summed E-state index contributed by atoms with van der Waals surface area (Å²) in [5, 5.41) is 20.1. The number of benzene rings is 1. The lowest BCUT2D eigenvalue weighted by Crippen LogP contribution is -2.41. The van der Waals surface area contributed by atoms with E-state index >= 15 is 0 Å². The lowest BCUT2D eigenvalue weighted by atomic mass is 9.59. The number of rotatable bonds is 5. The quantitative estimate of drug-likeness (QED) is 0.711. The van der Waals surface area contributed by atoms with Crippen molar-refractivity contribution in [3.63, 3.8) is 0 Å². The topological polar surface area (TPSA) is 57.5 Å². The van der Waals surface area contributed by atoms with Gasteiger partial charge < -0.3 is 10.2 Å². The minimum atomic E-state index is 0.0541. The van der Waals surface area contributed by atoms with Crippen molar-refractivity contribution in [1.29, 1.82) is 0 Å². The van der Waals surface area contributed by atoms with Gasteiger partial charge in [-0.2, -0.15) is 0 Å². The molecule has 1 aromatic carbocycles. The number of carbonyl (C=O) groups excluding carboxylic acids is 1. The Balaban J connectivity index is 2.03. The third-order valence-electron chi connectivity index (χ3n) is 6.48. The summed E-state index contributed by atoms with van der Waals surface area (Å²) in [4.78, 5) is 12.1. The number of allylic oxidation sites excluding steroid dienone is 2. The third kappa shape index (κ3) is 4.26. The minimum absolute atomic E-state index is 0.0541. The SMILES string of the molecule is C/C(=C\Cc1c(O)cc(C)cc1O)CC[C@@]1(C)[C@H](C)CCC(=O)[C@@H]1C. The summed E-state index contributed by atoms with van der Waals surface area (Å²) in [6.07, 6.45) is 6.24. The molecule has 0 radical (unpaired) electrons. The van der Waals surface area contributed by atoms with Crippen LogP contribution in [0.2, 0.25) is 0 Å². The van der Waals surface area contributed by atoms with E-state index in [9.17, 15) is 15.0 Å². The van der Waals surface area contributed by atoms with Crippen molar-refractivity contribution in [2.75, 3.05) is 0 Å². The second-order valence-corrected chi connectivity index (χ2v) is 8.17.